The van der Waals surface area contributed by atoms with Gasteiger partial charge in [0.15, 0.2) is 0 Å². The molecule has 2 N–H and O–H groups in total. The van der Waals surface area contributed by atoms with E-state index in [-0.39, 0.29) is 12.1 Å². The second-order valence-electron chi connectivity index (χ2n) is 6.39. The van der Waals surface area contributed by atoms with Gasteiger partial charge in [-0.2, -0.15) is 0 Å². The number of nitrogens with one attached hydrogen (secondary N) is 1. The molecule has 0 saturated carbocycles. The van der Waals surface area contributed by atoms with Crippen LogP contribution in [-0.4, -0.2) is 45.9 Å². The van der Waals surface area contributed by atoms with Crippen molar-refractivity contribution in [2.45, 2.75) is 38.0 Å². The van der Waals surface area contributed by atoms with Gasteiger partial charge in [-0.25, -0.2) is 4.98 Å². The van der Waals surface area contributed by atoms with Crippen LogP contribution in [0, 0.1) is 0 Å². The maximum atomic E-state index is 10.2. The number of likely N-dealkylation sites (N-methyl/N-ethyl adjacent to an activating group) is 1. The Morgan fingerprint density at radius 1 is 1.46 bits per heavy atom. The minimum Gasteiger partial charge on any atom is -0.385 e. The molecule has 0 aromatic carbocycles. The number of thiophene rings is 1. The predicted molar refractivity (Wildman–Crippen MR) is 95.5 cm³/mol. The first-order valence-electron chi connectivity index (χ1n) is 8.37. The van der Waals surface area contributed by atoms with E-state index in [1.54, 1.807) is 24.5 Å². The van der Waals surface area contributed by atoms with Gasteiger partial charge in [-0.15, -0.1) is 11.3 Å². The Bertz CT molecular complexity index is 849. The van der Waals surface area contributed by atoms with E-state index in [1.165, 1.54) is 0 Å². The lowest BCUT2D eigenvalue weighted by molar-refractivity contribution is -0.0104. The SMILES string of the molecule is CNC[C@H]1CC[C@H](n2c([C@@H](C)O)nc3cnc4ccsc4c32)CO1. The maximum absolute atomic E-state index is 10.2. The number of nitrogens with zero attached hydrogens (tertiary/aromatic N) is 3. The fourth-order valence-electron chi connectivity index (χ4n) is 3.54. The van der Waals surface area contributed by atoms with Crippen LogP contribution in [0.1, 0.15) is 37.7 Å². The van der Waals surface area contributed by atoms with E-state index in [1.807, 2.05) is 13.1 Å². The number of hydrogen-bond donors (Lipinski definition) is 2. The number of fused-ring (bicyclic) bond motifs is 3. The van der Waals surface area contributed by atoms with Crippen LogP contribution < -0.4 is 5.32 Å². The summed E-state index contributed by atoms with van der Waals surface area (Å²) in [5.74, 6) is 0.702. The minimum absolute atomic E-state index is 0.195. The van der Waals surface area contributed by atoms with Gasteiger partial charge in [-0.05, 0) is 38.3 Å². The standard InChI is InChI=1S/C17H22N4O2S/c1-10(22)17-20-14-8-19-13-5-6-24-16(13)15(14)21(17)11-3-4-12(7-18-2)23-9-11/h5-6,8,10-12,18,22H,3-4,7,9H2,1-2H3/t10-,11+,12-/m1/s1. The highest BCUT2D eigenvalue weighted by atomic mass is 32.1. The van der Waals surface area contributed by atoms with E-state index in [0.29, 0.717) is 12.4 Å². The zero-order valence-corrected chi connectivity index (χ0v) is 14.7. The summed E-state index contributed by atoms with van der Waals surface area (Å²) < 4.78 is 9.35. The predicted octanol–water partition coefficient (Wildman–Crippen LogP) is 2.64. The van der Waals surface area contributed by atoms with E-state index in [0.717, 1.165) is 40.6 Å². The molecule has 24 heavy (non-hydrogen) atoms. The summed E-state index contributed by atoms with van der Waals surface area (Å²) in [5.41, 5.74) is 2.90. The van der Waals surface area contributed by atoms with E-state index in [4.69, 9.17) is 4.74 Å². The largest absolute Gasteiger partial charge is 0.385 e. The Morgan fingerprint density at radius 2 is 2.33 bits per heavy atom. The summed E-state index contributed by atoms with van der Waals surface area (Å²) in [6.45, 7) is 3.29. The monoisotopic (exact) mass is 346 g/mol. The van der Waals surface area contributed by atoms with Gasteiger partial charge >= 0.3 is 0 Å². The van der Waals surface area contributed by atoms with Crippen LogP contribution in [0.3, 0.4) is 0 Å². The zero-order valence-electron chi connectivity index (χ0n) is 13.9. The number of imidazole rings is 1. The molecule has 3 aromatic rings. The highest BCUT2D eigenvalue weighted by Crippen LogP contribution is 2.35. The molecule has 0 aliphatic carbocycles. The van der Waals surface area contributed by atoms with Crippen LogP contribution in [0.15, 0.2) is 17.6 Å². The number of aromatic nitrogens is 3. The minimum atomic E-state index is -0.623. The van der Waals surface area contributed by atoms with Crippen molar-refractivity contribution in [1.29, 1.82) is 0 Å². The third-order valence-corrected chi connectivity index (χ3v) is 5.58. The van der Waals surface area contributed by atoms with E-state index in [2.05, 4.69) is 25.2 Å². The third-order valence-electron chi connectivity index (χ3n) is 4.67. The number of ether oxygens (including phenoxy) is 1. The third kappa shape index (κ3) is 2.61. The van der Waals surface area contributed by atoms with Gasteiger partial charge in [-0.1, -0.05) is 0 Å². The van der Waals surface area contributed by atoms with Crippen molar-refractivity contribution in [1.82, 2.24) is 19.9 Å². The van der Waals surface area contributed by atoms with Gasteiger partial charge in [-0.3, -0.25) is 4.98 Å². The molecule has 0 spiro atoms. The summed E-state index contributed by atoms with van der Waals surface area (Å²) in [7, 11) is 1.95. The van der Waals surface area contributed by atoms with Crippen LogP contribution in [0.2, 0.25) is 0 Å². The second-order valence-corrected chi connectivity index (χ2v) is 7.30. The topological polar surface area (TPSA) is 72.2 Å². The van der Waals surface area contributed by atoms with Gasteiger partial charge < -0.3 is 19.7 Å². The van der Waals surface area contributed by atoms with Crippen molar-refractivity contribution in [3.05, 3.63) is 23.5 Å². The van der Waals surface area contributed by atoms with Crippen LogP contribution in [-0.2, 0) is 4.74 Å². The number of aliphatic hydroxyl groups excluding tert-OH is 1. The summed E-state index contributed by atoms with van der Waals surface area (Å²) >= 11 is 1.67. The van der Waals surface area contributed by atoms with Gasteiger partial charge in [0.1, 0.15) is 17.4 Å². The quantitative estimate of drug-likeness (QED) is 0.760. The van der Waals surface area contributed by atoms with E-state index >= 15 is 0 Å². The smallest absolute Gasteiger partial charge is 0.139 e. The Hall–Kier alpha value is -1.54. The molecule has 0 amide bonds. The first-order valence-corrected chi connectivity index (χ1v) is 9.25. The summed E-state index contributed by atoms with van der Waals surface area (Å²) in [5, 5.41) is 15.5. The Balaban J connectivity index is 1.81. The number of aliphatic hydroxyl groups is 1. The average molecular weight is 346 g/mol. The fraction of sp³-hybridized carbons (Fsp3) is 0.529. The lowest BCUT2D eigenvalue weighted by Gasteiger charge is -2.31. The van der Waals surface area contributed by atoms with Crippen molar-refractivity contribution < 1.29 is 9.84 Å². The Morgan fingerprint density at radius 3 is 3.04 bits per heavy atom. The molecule has 6 nitrogen and oxygen atoms in total. The summed E-state index contributed by atoms with van der Waals surface area (Å²) in [6.07, 6.45) is 3.47. The molecule has 1 aliphatic rings. The average Bonchev–Trinajstić information content (AvgIpc) is 3.19. The van der Waals surface area contributed by atoms with Crippen molar-refractivity contribution >= 4 is 32.6 Å². The van der Waals surface area contributed by atoms with Crippen molar-refractivity contribution in [2.75, 3.05) is 20.2 Å². The lowest BCUT2D eigenvalue weighted by atomic mass is 10.0. The van der Waals surface area contributed by atoms with Crippen LogP contribution in [0.5, 0.6) is 0 Å². The molecule has 3 atom stereocenters. The Kier molecular flexibility index (Phi) is 4.26. The second kappa shape index (κ2) is 6.40. The fourth-order valence-corrected chi connectivity index (χ4v) is 4.43. The highest BCUT2D eigenvalue weighted by Gasteiger charge is 2.28. The van der Waals surface area contributed by atoms with Gasteiger partial charge in [0, 0.05) is 6.54 Å². The van der Waals surface area contributed by atoms with Gasteiger partial charge in [0.05, 0.1) is 40.7 Å². The molecule has 0 radical (unpaired) electrons. The van der Waals surface area contributed by atoms with Crippen molar-refractivity contribution in [3.63, 3.8) is 0 Å². The maximum Gasteiger partial charge on any atom is 0.139 e. The van der Waals surface area contributed by atoms with Gasteiger partial charge in [0.25, 0.3) is 0 Å². The van der Waals surface area contributed by atoms with E-state index < -0.39 is 6.10 Å². The number of pyridine rings is 1. The zero-order chi connectivity index (χ0) is 16.7. The summed E-state index contributed by atoms with van der Waals surface area (Å²) in [6, 6.07) is 2.22. The molecule has 4 rings (SSSR count). The number of hydrogen-bond acceptors (Lipinski definition) is 6. The van der Waals surface area contributed by atoms with Crippen LogP contribution in [0.4, 0.5) is 0 Å². The molecular formula is C17H22N4O2S. The van der Waals surface area contributed by atoms with Crippen molar-refractivity contribution in [3.8, 4) is 0 Å². The van der Waals surface area contributed by atoms with E-state index in [9.17, 15) is 5.11 Å². The normalized spacial score (nSPS) is 23.1. The molecule has 7 heteroatoms. The first-order chi connectivity index (χ1) is 11.7. The Labute approximate surface area is 144 Å². The lowest BCUT2D eigenvalue weighted by Crippen LogP contribution is -2.34. The molecule has 0 unspecified atom stereocenters. The van der Waals surface area contributed by atoms with Crippen LogP contribution in [0.25, 0.3) is 21.3 Å². The molecule has 1 saturated heterocycles. The van der Waals surface area contributed by atoms with Crippen molar-refractivity contribution in [2.24, 2.45) is 0 Å². The molecule has 128 valence electrons. The molecule has 4 heterocycles. The highest BCUT2D eigenvalue weighted by molar-refractivity contribution is 7.18. The molecular weight excluding hydrogens is 324 g/mol. The number of rotatable bonds is 4. The molecule has 3 aromatic heterocycles. The van der Waals surface area contributed by atoms with Crippen LogP contribution >= 0.6 is 11.3 Å². The molecule has 1 fully saturated rings. The summed E-state index contributed by atoms with van der Waals surface area (Å²) in [4.78, 5) is 9.14. The first kappa shape index (κ1) is 16.0. The molecule has 0 bridgehead atoms. The molecule has 1 aliphatic heterocycles. The van der Waals surface area contributed by atoms with Gasteiger partial charge in [0.2, 0.25) is 0 Å².